The van der Waals surface area contributed by atoms with E-state index in [0.29, 0.717) is 30.2 Å². The molecule has 2 N–H and O–H groups in total. The second kappa shape index (κ2) is 7.78. The minimum Gasteiger partial charge on any atom is -0.497 e. The number of rotatable bonds is 3. The molecule has 0 saturated carbocycles. The van der Waals surface area contributed by atoms with Gasteiger partial charge in [-0.3, -0.25) is 0 Å². The molecule has 0 aliphatic carbocycles. The average Bonchev–Trinajstić information content (AvgIpc) is 3.07. The van der Waals surface area contributed by atoms with E-state index < -0.39 is 6.10 Å². The molecule has 0 bridgehead atoms. The Balaban J connectivity index is 0.00000121. The number of aromatic nitrogens is 2. The fraction of sp³-hybridized carbons (Fsp3) is 0.357. The van der Waals surface area contributed by atoms with Gasteiger partial charge in [0.25, 0.3) is 0 Å². The number of nitrogens with one attached hydrogen (secondary N) is 1. The Morgan fingerprint density at radius 2 is 2.14 bits per heavy atom. The molecule has 1 aliphatic heterocycles. The first kappa shape index (κ1) is 18.7. The second-order valence-corrected chi connectivity index (χ2v) is 4.80. The average molecular weight is 350 g/mol. The Hall–Kier alpha value is -1.34. The van der Waals surface area contributed by atoms with Gasteiger partial charge in [0.15, 0.2) is 0 Å². The fourth-order valence-electron chi connectivity index (χ4n) is 2.53. The molecule has 0 spiro atoms. The Morgan fingerprint density at radius 1 is 1.36 bits per heavy atom. The van der Waals surface area contributed by atoms with Crippen LogP contribution in [0, 0.1) is 5.82 Å². The highest BCUT2D eigenvalue weighted by Gasteiger charge is 2.28. The number of benzene rings is 1. The van der Waals surface area contributed by atoms with Gasteiger partial charge in [-0.25, -0.2) is 9.37 Å². The maximum Gasteiger partial charge on any atom is 0.143 e. The number of hydrogen-bond donors (Lipinski definition) is 2. The molecular weight excluding hydrogens is 332 g/mol. The van der Waals surface area contributed by atoms with E-state index in [-0.39, 0.29) is 36.7 Å². The number of ether oxygens (including phenoxy) is 1. The van der Waals surface area contributed by atoms with Gasteiger partial charge in [-0.15, -0.1) is 24.8 Å². The Bertz CT molecular complexity index is 624. The summed E-state index contributed by atoms with van der Waals surface area (Å²) in [5.41, 5.74) is 0.369. The number of β-amino-alcohol motifs (C(OH)–C–C–N with tert-alkyl or cyclic N) is 1. The van der Waals surface area contributed by atoms with Crippen LogP contribution in [0.2, 0.25) is 0 Å². The van der Waals surface area contributed by atoms with E-state index in [1.54, 1.807) is 24.5 Å². The lowest BCUT2D eigenvalue weighted by atomic mass is 10.1. The normalized spacial score (nSPS) is 20.1. The Labute approximate surface area is 140 Å². The molecule has 1 aromatic carbocycles. The Morgan fingerprint density at radius 3 is 2.77 bits per heavy atom. The number of hydrogen-bond acceptors (Lipinski definition) is 4. The molecule has 3 rings (SSSR count). The first-order valence-corrected chi connectivity index (χ1v) is 6.46. The maximum absolute atomic E-state index is 14.0. The zero-order valence-electron chi connectivity index (χ0n) is 11.9. The zero-order chi connectivity index (χ0) is 14.1. The number of aliphatic hydroxyl groups is 1. The van der Waals surface area contributed by atoms with Crippen LogP contribution >= 0.6 is 24.8 Å². The van der Waals surface area contributed by atoms with Crippen LogP contribution in [0.3, 0.4) is 0 Å². The largest absolute Gasteiger partial charge is 0.497 e. The highest BCUT2D eigenvalue weighted by atomic mass is 35.5. The van der Waals surface area contributed by atoms with Gasteiger partial charge < -0.3 is 19.7 Å². The van der Waals surface area contributed by atoms with Crippen molar-refractivity contribution < 1.29 is 14.2 Å². The van der Waals surface area contributed by atoms with Gasteiger partial charge in [-0.2, -0.15) is 0 Å². The topological polar surface area (TPSA) is 59.3 Å². The third-order valence-corrected chi connectivity index (χ3v) is 3.59. The smallest absolute Gasteiger partial charge is 0.143 e. The summed E-state index contributed by atoms with van der Waals surface area (Å²) in [5.74, 6) is 0.703. The highest BCUT2D eigenvalue weighted by molar-refractivity contribution is 5.85. The van der Waals surface area contributed by atoms with Crippen LogP contribution in [0.15, 0.2) is 30.6 Å². The molecule has 5 nitrogen and oxygen atoms in total. The van der Waals surface area contributed by atoms with Gasteiger partial charge in [0, 0.05) is 25.5 Å². The van der Waals surface area contributed by atoms with Gasteiger partial charge in [-0.05, 0) is 18.2 Å². The number of halogens is 3. The summed E-state index contributed by atoms with van der Waals surface area (Å²) in [7, 11) is 1.54. The minimum absolute atomic E-state index is 0. The molecule has 1 aliphatic rings. The summed E-state index contributed by atoms with van der Waals surface area (Å²) in [5, 5.41) is 13.1. The van der Waals surface area contributed by atoms with Crippen LogP contribution in [0.1, 0.15) is 6.04 Å². The summed E-state index contributed by atoms with van der Waals surface area (Å²) in [6.07, 6.45) is 2.87. The third-order valence-electron chi connectivity index (χ3n) is 3.59. The van der Waals surface area contributed by atoms with Crippen LogP contribution in [-0.4, -0.2) is 41.0 Å². The van der Waals surface area contributed by atoms with Crippen LogP contribution < -0.4 is 10.1 Å². The number of nitrogens with zero attached hydrogens (tertiary/aromatic N) is 2. The molecule has 0 amide bonds. The zero-order valence-corrected chi connectivity index (χ0v) is 13.5. The van der Waals surface area contributed by atoms with Gasteiger partial charge in [0.1, 0.15) is 17.4 Å². The van der Waals surface area contributed by atoms with E-state index in [9.17, 15) is 9.50 Å². The second-order valence-electron chi connectivity index (χ2n) is 4.80. The van der Waals surface area contributed by atoms with Crippen molar-refractivity contribution >= 4 is 24.8 Å². The number of methoxy groups -OCH3 is 1. The minimum atomic E-state index is -0.503. The monoisotopic (exact) mass is 349 g/mol. The van der Waals surface area contributed by atoms with Crippen molar-refractivity contribution in [2.75, 3.05) is 20.2 Å². The quantitative estimate of drug-likeness (QED) is 0.890. The Kier molecular flexibility index (Phi) is 6.62. The molecular formula is C14H18Cl2FN3O2. The molecule has 2 aromatic rings. The van der Waals surface area contributed by atoms with Crippen LogP contribution in [0.4, 0.5) is 4.39 Å². The van der Waals surface area contributed by atoms with E-state index >= 15 is 0 Å². The van der Waals surface area contributed by atoms with Gasteiger partial charge in [0.2, 0.25) is 0 Å². The first-order chi connectivity index (χ1) is 9.70. The molecule has 2 atom stereocenters. The van der Waals surface area contributed by atoms with Crippen molar-refractivity contribution in [3.05, 3.63) is 36.4 Å². The highest BCUT2D eigenvalue weighted by Crippen LogP contribution is 2.29. The molecule has 1 fully saturated rings. The molecule has 2 heterocycles. The van der Waals surface area contributed by atoms with E-state index in [1.165, 1.54) is 13.2 Å². The van der Waals surface area contributed by atoms with E-state index in [1.807, 2.05) is 4.57 Å². The van der Waals surface area contributed by atoms with Gasteiger partial charge in [0.05, 0.1) is 24.8 Å². The third kappa shape index (κ3) is 3.35. The molecule has 0 unspecified atom stereocenters. The van der Waals surface area contributed by atoms with Crippen molar-refractivity contribution in [2.45, 2.75) is 12.1 Å². The number of aliphatic hydroxyl groups excluding tert-OH is 1. The van der Waals surface area contributed by atoms with Crippen molar-refractivity contribution in [1.82, 2.24) is 14.9 Å². The predicted octanol–water partition coefficient (Wildman–Crippen LogP) is 2.05. The van der Waals surface area contributed by atoms with Crippen molar-refractivity contribution in [3.63, 3.8) is 0 Å². The van der Waals surface area contributed by atoms with Crippen molar-refractivity contribution in [3.8, 4) is 17.1 Å². The van der Waals surface area contributed by atoms with E-state index in [4.69, 9.17) is 4.74 Å². The summed E-state index contributed by atoms with van der Waals surface area (Å²) in [6.45, 7) is 1.17. The van der Waals surface area contributed by atoms with Gasteiger partial charge in [-0.1, -0.05) is 0 Å². The van der Waals surface area contributed by atoms with Crippen LogP contribution in [0.5, 0.6) is 5.75 Å². The SMILES string of the molecule is COc1ccc(F)c(-c2nccn2[C@@H]2CNC[C@@H]2O)c1.Cl.Cl. The van der Waals surface area contributed by atoms with Gasteiger partial charge >= 0.3 is 0 Å². The summed E-state index contributed by atoms with van der Waals surface area (Å²) in [4.78, 5) is 4.23. The van der Waals surface area contributed by atoms with E-state index in [2.05, 4.69) is 10.3 Å². The summed E-state index contributed by atoms with van der Waals surface area (Å²) >= 11 is 0. The molecule has 22 heavy (non-hydrogen) atoms. The summed E-state index contributed by atoms with van der Waals surface area (Å²) in [6, 6.07) is 4.40. The first-order valence-electron chi connectivity index (χ1n) is 6.46. The van der Waals surface area contributed by atoms with Crippen molar-refractivity contribution in [2.24, 2.45) is 0 Å². The molecule has 0 radical (unpaired) electrons. The molecule has 1 aromatic heterocycles. The number of imidazole rings is 1. The fourth-order valence-corrected chi connectivity index (χ4v) is 2.53. The van der Waals surface area contributed by atoms with E-state index in [0.717, 1.165) is 0 Å². The van der Waals surface area contributed by atoms with Crippen LogP contribution in [-0.2, 0) is 0 Å². The summed E-state index contributed by atoms with van der Waals surface area (Å²) < 4.78 is 21.0. The standard InChI is InChI=1S/C14H16FN3O2.2ClH/c1-20-9-2-3-11(15)10(6-9)14-17-4-5-18(14)12-7-16-8-13(12)19;;/h2-6,12-13,16,19H,7-8H2,1H3;2*1H/t12-,13+;;/m1../s1. The lowest BCUT2D eigenvalue weighted by molar-refractivity contribution is 0.151. The predicted molar refractivity (Wildman–Crippen MR) is 86.6 cm³/mol. The lowest BCUT2D eigenvalue weighted by Crippen LogP contribution is -2.22. The maximum atomic E-state index is 14.0. The molecule has 1 saturated heterocycles. The molecule has 8 heteroatoms. The van der Waals surface area contributed by atoms with Crippen LogP contribution in [0.25, 0.3) is 11.4 Å². The van der Waals surface area contributed by atoms with Crippen molar-refractivity contribution in [1.29, 1.82) is 0 Å². The lowest BCUT2D eigenvalue weighted by Gasteiger charge is -2.18. The molecule has 122 valence electrons.